The number of ether oxygens (including phenoxy) is 1. The zero-order valence-corrected chi connectivity index (χ0v) is 10.7. The van der Waals surface area contributed by atoms with Gasteiger partial charge in [-0.25, -0.2) is 0 Å². The normalized spacial score (nSPS) is 23.2. The molecule has 3 rings (SSSR count). The van der Waals surface area contributed by atoms with Gasteiger partial charge >= 0.3 is 0 Å². The average molecular weight is 231 g/mol. The van der Waals surface area contributed by atoms with E-state index in [2.05, 4.69) is 43.6 Å². The van der Waals surface area contributed by atoms with Crippen LogP contribution in [0.25, 0.3) is 0 Å². The van der Waals surface area contributed by atoms with Crippen molar-refractivity contribution < 1.29 is 4.74 Å². The van der Waals surface area contributed by atoms with Crippen molar-refractivity contribution in [1.29, 1.82) is 0 Å². The first-order chi connectivity index (χ1) is 8.21. The lowest BCUT2D eigenvalue weighted by atomic mass is 9.92. The van der Waals surface area contributed by atoms with Gasteiger partial charge in [0.2, 0.25) is 0 Å². The SMILES string of the molecule is CNC(c1cccc(OC2CC2)c1)C1(C)CC1. The van der Waals surface area contributed by atoms with Crippen LogP contribution in [0.5, 0.6) is 5.75 Å². The molecule has 2 aliphatic rings. The van der Waals surface area contributed by atoms with E-state index >= 15 is 0 Å². The number of hydrogen-bond acceptors (Lipinski definition) is 2. The van der Waals surface area contributed by atoms with E-state index in [9.17, 15) is 0 Å². The standard InChI is InChI=1S/C15H21NO/c1-15(8-9-15)14(16-2)11-4-3-5-13(10-11)17-12-6-7-12/h3-5,10,12,14,16H,6-9H2,1-2H3. The van der Waals surface area contributed by atoms with Crippen molar-refractivity contribution in [2.45, 2.75) is 44.8 Å². The first-order valence-corrected chi connectivity index (χ1v) is 6.65. The van der Waals surface area contributed by atoms with Gasteiger partial charge in [-0.05, 0) is 55.8 Å². The van der Waals surface area contributed by atoms with Crippen LogP contribution in [0, 0.1) is 5.41 Å². The van der Waals surface area contributed by atoms with Crippen molar-refractivity contribution in [2.24, 2.45) is 5.41 Å². The third-order valence-electron chi connectivity index (χ3n) is 4.04. The first-order valence-electron chi connectivity index (χ1n) is 6.65. The zero-order chi connectivity index (χ0) is 11.9. The Morgan fingerprint density at radius 3 is 2.71 bits per heavy atom. The molecule has 2 aliphatic carbocycles. The summed E-state index contributed by atoms with van der Waals surface area (Å²) in [4.78, 5) is 0. The highest BCUT2D eigenvalue weighted by atomic mass is 16.5. The van der Waals surface area contributed by atoms with Gasteiger partial charge in [0.15, 0.2) is 0 Å². The molecular formula is C15H21NO. The van der Waals surface area contributed by atoms with Crippen molar-refractivity contribution in [2.75, 3.05) is 7.05 Å². The van der Waals surface area contributed by atoms with E-state index in [1.807, 2.05) is 0 Å². The van der Waals surface area contributed by atoms with Crippen LogP contribution in [0.15, 0.2) is 24.3 Å². The average Bonchev–Trinajstić information content (AvgIpc) is 3.20. The number of hydrogen-bond donors (Lipinski definition) is 1. The summed E-state index contributed by atoms with van der Waals surface area (Å²) in [6, 6.07) is 9.07. The lowest BCUT2D eigenvalue weighted by molar-refractivity contribution is 0.301. The second-order valence-corrected chi connectivity index (χ2v) is 5.77. The molecule has 1 aromatic carbocycles. The van der Waals surface area contributed by atoms with Crippen molar-refractivity contribution in [1.82, 2.24) is 5.32 Å². The van der Waals surface area contributed by atoms with Gasteiger partial charge in [0, 0.05) is 6.04 Å². The maximum Gasteiger partial charge on any atom is 0.120 e. The van der Waals surface area contributed by atoms with E-state index < -0.39 is 0 Å². The van der Waals surface area contributed by atoms with Crippen LogP contribution in [0.3, 0.4) is 0 Å². The third-order valence-corrected chi connectivity index (χ3v) is 4.04. The smallest absolute Gasteiger partial charge is 0.120 e. The van der Waals surface area contributed by atoms with Crippen LogP contribution in [0.1, 0.15) is 44.2 Å². The van der Waals surface area contributed by atoms with Crippen LogP contribution in [-0.2, 0) is 0 Å². The second-order valence-electron chi connectivity index (χ2n) is 5.77. The highest BCUT2D eigenvalue weighted by molar-refractivity contribution is 5.33. The predicted octanol–water partition coefficient (Wildman–Crippen LogP) is 3.29. The Labute approximate surface area is 103 Å². The molecule has 1 aromatic rings. The Morgan fingerprint density at radius 1 is 1.35 bits per heavy atom. The van der Waals surface area contributed by atoms with E-state index in [1.165, 1.54) is 31.2 Å². The molecule has 0 aromatic heterocycles. The highest BCUT2D eigenvalue weighted by Gasteiger charge is 2.44. The Balaban J connectivity index is 1.80. The van der Waals surface area contributed by atoms with Crippen LogP contribution in [0.4, 0.5) is 0 Å². The van der Waals surface area contributed by atoms with Gasteiger partial charge in [0.1, 0.15) is 5.75 Å². The zero-order valence-electron chi connectivity index (χ0n) is 10.7. The van der Waals surface area contributed by atoms with Gasteiger partial charge in [-0.1, -0.05) is 19.1 Å². The molecule has 2 nitrogen and oxygen atoms in total. The molecule has 0 heterocycles. The molecule has 2 fully saturated rings. The Morgan fingerprint density at radius 2 is 2.12 bits per heavy atom. The quantitative estimate of drug-likeness (QED) is 0.839. The summed E-state index contributed by atoms with van der Waals surface area (Å²) >= 11 is 0. The molecule has 0 radical (unpaired) electrons. The molecule has 1 atom stereocenters. The Kier molecular flexibility index (Phi) is 2.62. The van der Waals surface area contributed by atoms with Gasteiger partial charge in [-0.3, -0.25) is 0 Å². The fourth-order valence-electron chi connectivity index (χ4n) is 2.55. The fourth-order valence-corrected chi connectivity index (χ4v) is 2.55. The summed E-state index contributed by atoms with van der Waals surface area (Å²) in [7, 11) is 2.06. The maximum atomic E-state index is 5.87. The summed E-state index contributed by atoms with van der Waals surface area (Å²) < 4.78 is 5.87. The molecule has 92 valence electrons. The van der Waals surface area contributed by atoms with Crippen molar-refractivity contribution in [3.05, 3.63) is 29.8 Å². The lowest BCUT2D eigenvalue weighted by Crippen LogP contribution is -2.24. The minimum absolute atomic E-state index is 0.451. The molecule has 0 saturated heterocycles. The largest absolute Gasteiger partial charge is 0.490 e. The van der Waals surface area contributed by atoms with Crippen LogP contribution >= 0.6 is 0 Å². The van der Waals surface area contributed by atoms with Crippen molar-refractivity contribution >= 4 is 0 Å². The minimum Gasteiger partial charge on any atom is -0.490 e. The van der Waals surface area contributed by atoms with E-state index in [4.69, 9.17) is 4.74 Å². The van der Waals surface area contributed by atoms with E-state index in [0.29, 0.717) is 17.6 Å². The first kappa shape index (κ1) is 11.1. The topological polar surface area (TPSA) is 21.3 Å². The van der Waals surface area contributed by atoms with E-state index in [0.717, 1.165) is 5.75 Å². The molecule has 0 bridgehead atoms. The predicted molar refractivity (Wildman–Crippen MR) is 69.2 cm³/mol. The molecular weight excluding hydrogens is 210 g/mol. The van der Waals surface area contributed by atoms with Crippen LogP contribution in [0.2, 0.25) is 0 Å². The summed E-state index contributed by atoms with van der Waals surface area (Å²) in [6.07, 6.45) is 5.57. The molecule has 1 unspecified atom stereocenters. The summed E-state index contributed by atoms with van der Waals surface area (Å²) in [6.45, 7) is 2.36. The lowest BCUT2D eigenvalue weighted by Gasteiger charge is -2.24. The van der Waals surface area contributed by atoms with E-state index in [1.54, 1.807) is 0 Å². The number of benzene rings is 1. The molecule has 0 spiro atoms. The van der Waals surface area contributed by atoms with Crippen LogP contribution in [-0.4, -0.2) is 13.2 Å². The van der Waals surface area contributed by atoms with Gasteiger partial charge in [-0.2, -0.15) is 0 Å². The maximum absolute atomic E-state index is 5.87. The van der Waals surface area contributed by atoms with Crippen LogP contribution < -0.4 is 10.1 Å². The van der Waals surface area contributed by atoms with Gasteiger partial charge in [-0.15, -0.1) is 0 Å². The van der Waals surface area contributed by atoms with Gasteiger partial charge in [0.25, 0.3) is 0 Å². The minimum atomic E-state index is 0.451. The molecule has 2 saturated carbocycles. The second kappa shape index (κ2) is 4.02. The van der Waals surface area contributed by atoms with Gasteiger partial charge in [0.05, 0.1) is 6.10 Å². The monoisotopic (exact) mass is 231 g/mol. The highest BCUT2D eigenvalue weighted by Crippen LogP contribution is 2.54. The third kappa shape index (κ3) is 2.32. The van der Waals surface area contributed by atoms with Crippen molar-refractivity contribution in [3.8, 4) is 5.75 Å². The molecule has 17 heavy (non-hydrogen) atoms. The summed E-state index contributed by atoms with van der Waals surface area (Å²) in [5.74, 6) is 1.04. The Hall–Kier alpha value is -1.02. The fraction of sp³-hybridized carbons (Fsp3) is 0.600. The number of nitrogens with one attached hydrogen (secondary N) is 1. The Bertz CT molecular complexity index is 407. The molecule has 2 heteroatoms. The molecule has 0 amide bonds. The molecule has 1 N–H and O–H groups in total. The van der Waals surface area contributed by atoms with Crippen molar-refractivity contribution in [3.63, 3.8) is 0 Å². The molecule has 0 aliphatic heterocycles. The van der Waals surface area contributed by atoms with Gasteiger partial charge < -0.3 is 10.1 Å². The summed E-state index contributed by atoms with van der Waals surface area (Å²) in [5.41, 5.74) is 1.82. The number of rotatable bonds is 5. The van der Waals surface area contributed by atoms with E-state index in [-0.39, 0.29) is 0 Å². The summed E-state index contributed by atoms with van der Waals surface area (Å²) in [5, 5.41) is 3.46.